The summed E-state index contributed by atoms with van der Waals surface area (Å²) in [6.45, 7) is 4.00. The predicted octanol–water partition coefficient (Wildman–Crippen LogP) is 6.16. The second-order valence-corrected chi connectivity index (χ2v) is 9.43. The van der Waals surface area contributed by atoms with Crippen LogP contribution in [0.2, 0.25) is 0 Å². The molecular formula is C26H23BrN2O5S. The van der Waals surface area contributed by atoms with Gasteiger partial charge in [-0.2, -0.15) is 0 Å². The first kappa shape index (κ1) is 24.8. The molecule has 0 unspecified atom stereocenters. The van der Waals surface area contributed by atoms with Crippen LogP contribution in [0.3, 0.4) is 0 Å². The van der Waals surface area contributed by atoms with E-state index >= 15 is 0 Å². The number of hydrogen-bond acceptors (Lipinski definition) is 7. The van der Waals surface area contributed by atoms with Crippen molar-refractivity contribution in [2.75, 3.05) is 13.2 Å². The number of aromatic nitrogens is 1. The molecule has 0 bridgehead atoms. The van der Waals surface area contributed by atoms with Crippen molar-refractivity contribution in [3.8, 4) is 0 Å². The zero-order valence-corrected chi connectivity index (χ0v) is 21.6. The number of hydrogen-bond donors (Lipinski definition) is 1. The third-order valence-electron chi connectivity index (χ3n) is 5.12. The average Bonchev–Trinajstić information content (AvgIpc) is 3.31. The van der Waals surface area contributed by atoms with Crippen LogP contribution in [0.25, 0.3) is 17.0 Å². The molecule has 0 spiro atoms. The third-order valence-corrected chi connectivity index (χ3v) is 6.64. The normalized spacial score (nSPS) is 15.9. The van der Waals surface area contributed by atoms with Crippen LogP contribution in [0.15, 0.2) is 80.4 Å². The average molecular weight is 555 g/mol. The van der Waals surface area contributed by atoms with Crippen LogP contribution in [0.1, 0.15) is 19.4 Å². The number of carbonyl (C=O) groups excluding carboxylic acids is 2. The minimum absolute atomic E-state index is 0.0309. The molecule has 1 aliphatic rings. The summed E-state index contributed by atoms with van der Waals surface area (Å²) < 4.78 is 13.0. The van der Waals surface area contributed by atoms with Gasteiger partial charge in [-0.15, -0.1) is 0 Å². The van der Waals surface area contributed by atoms with Crippen LogP contribution in [-0.4, -0.2) is 39.9 Å². The first-order valence-corrected chi connectivity index (χ1v) is 12.6. The number of halogens is 1. The highest BCUT2D eigenvalue weighted by Crippen LogP contribution is 2.41. The number of aliphatic imine (C=N–C) groups is 1. The molecule has 0 saturated carbocycles. The van der Waals surface area contributed by atoms with E-state index in [1.54, 1.807) is 24.5 Å². The second kappa shape index (κ2) is 11.0. The summed E-state index contributed by atoms with van der Waals surface area (Å²) in [4.78, 5) is 29.8. The SMILES string of the molecule is CCOC(=O)Cn1cc(/C=C2\SC(=Nc3ccccc3)C(C(=O)OCC)=C2O)c2cc(Br)ccc21. The van der Waals surface area contributed by atoms with Crippen LogP contribution in [0.5, 0.6) is 0 Å². The van der Waals surface area contributed by atoms with Crippen LogP contribution in [-0.2, 0) is 25.6 Å². The molecule has 180 valence electrons. The van der Waals surface area contributed by atoms with Gasteiger partial charge in [-0.05, 0) is 50.3 Å². The molecule has 3 aromatic rings. The molecule has 7 nitrogen and oxygen atoms in total. The van der Waals surface area contributed by atoms with E-state index in [0.29, 0.717) is 22.2 Å². The summed E-state index contributed by atoms with van der Waals surface area (Å²) in [7, 11) is 0. The van der Waals surface area contributed by atoms with E-state index in [1.807, 2.05) is 54.7 Å². The molecular weight excluding hydrogens is 532 g/mol. The summed E-state index contributed by atoms with van der Waals surface area (Å²) in [5, 5.41) is 12.3. The quantitative estimate of drug-likeness (QED) is 0.352. The van der Waals surface area contributed by atoms with Crippen molar-refractivity contribution >= 4 is 67.3 Å². The van der Waals surface area contributed by atoms with Crippen molar-refractivity contribution < 1.29 is 24.2 Å². The van der Waals surface area contributed by atoms with Crippen LogP contribution in [0, 0.1) is 0 Å². The van der Waals surface area contributed by atoms with Crippen LogP contribution < -0.4 is 0 Å². The highest BCUT2D eigenvalue weighted by Gasteiger charge is 2.33. The second-order valence-electron chi connectivity index (χ2n) is 7.49. The van der Waals surface area contributed by atoms with Crippen molar-refractivity contribution in [3.05, 3.63) is 81.0 Å². The van der Waals surface area contributed by atoms with Gasteiger partial charge in [0, 0.05) is 27.1 Å². The Labute approximate surface area is 215 Å². The van der Waals surface area contributed by atoms with Crippen molar-refractivity contribution in [1.29, 1.82) is 0 Å². The van der Waals surface area contributed by atoms with Gasteiger partial charge in [0.2, 0.25) is 0 Å². The van der Waals surface area contributed by atoms with E-state index in [9.17, 15) is 14.7 Å². The topological polar surface area (TPSA) is 90.1 Å². The van der Waals surface area contributed by atoms with Crippen molar-refractivity contribution in [2.45, 2.75) is 20.4 Å². The predicted molar refractivity (Wildman–Crippen MR) is 142 cm³/mol. The number of thioether (sulfide) groups is 1. The Hall–Kier alpha value is -3.30. The fourth-order valence-electron chi connectivity index (χ4n) is 3.64. The lowest BCUT2D eigenvalue weighted by molar-refractivity contribution is -0.143. The maximum atomic E-state index is 12.7. The van der Waals surface area contributed by atoms with Gasteiger partial charge in [0.05, 0.1) is 23.8 Å². The fourth-order valence-corrected chi connectivity index (χ4v) is 5.03. The number of nitrogens with zero attached hydrogens (tertiary/aromatic N) is 2. The van der Waals surface area contributed by atoms with Gasteiger partial charge >= 0.3 is 11.9 Å². The Morgan fingerprint density at radius 1 is 1.11 bits per heavy atom. The highest BCUT2D eigenvalue weighted by molar-refractivity contribution is 9.10. The lowest BCUT2D eigenvalue weighted by atomic mass is 10.1. The highest BCUT2D eigenvalue weighted by atomic mass is 79.9. The molecule has 9 heteroatoms. The molecule has 0 aliphatic carbocycles. The summed E-state index contributed by atoms with van der Waals surface area (Å²) in [6, 6.07) is 14.9. The van der Waals surface area contributed by atoms with Crippen molar-refractivity contribution in [2.24, 2.45) is 4.99 Å². The first-order valence-electron chi connectivity index (χ1n) is 11.0. The summed E-state index contributed by atoms with van der Waals surface area (Å²) >= 11 is 4.69. The van der Waals surface area contributed by atoms with Crippen LogP contribution >= 0.6 is 27.7 Å². The van der Waals surface area contributed by atoms with Gasteiger partial charge in [0.25, 0.3) is 0 Å². The van der Waals surface area contributed by atoms with E-state index in [0.717, 1.165) is 20.9 Å². The molecule has 0 saturated heterocycles. The minimum Gasteiger partial charge on any atom is -0.506 e. The lowest BCUT2D eigenvalue weighted by Gasteiger charge is -2.04. The molecule has 4 rings (SSSR count). The van der Waals surface area contributed by atoms with Gasteiger partial charge < -0.3 is 19.1 Å². The standard InChI is InChI=1S/C26H23BrN2O5S/c1-3-33-22(30)15-29-14-16(19-13-17(27)10-11-20(19)29)12-21-24(31)23(26(32)34-4-2)25(35-21)28-18-8-6-5-7-9-18/h5-14,31H,3-4,15H2,1-2H3/b21-12-,28-25?. The number of aliphatic hydroxyl groups excluding tert-OH is 1. The first-order chi connectivity index (χ1) is 16.9. The molecule has 35 heavy (non-hydrogen) atoms. The zero-order chi connectivity index (χ0) is 24.9. The van der Waals surface area contributed by atoms with Crippen molar-refractivity contribution in [1.82, 2.24) is 4.57 Å². The Morgan fingerprint density at radius 2 is 1.86 bits per heavy atom. The summed E-state index contributed by atoms with van der Waals surface area (Å²) in [5.41, 5.74) is 2.29. The number of benzene rings is 2. The molecule has 1 N–H and O–H groups in total. The number of aliphatic hydroxyl groups is 1. The molecule has 0 fully saturated rings. The number of fused-ring (bicyclic) bond motifs is 1. The molecule has 2 aromatic carbocycles. The smallest absolute Gasteiger partial charge is 0.344 e. The number of carbonyl (C=O) groups is 2. The van der Waals surface area contributed by atoms with Gasteiger partial charge in [-0.1, -0.05) is 45.9 Å². The Balaban J connectivity index is 1.80. The van der Waals surface area contributed by atoms with Gasteiger partial charge in [0.15, 0.2) is 0 Å². The summed E-state index contributed by atoms with van der Waals surface area (Å²) in [6.07, 6.45) is 3.61. The van der Waals surface area contributed by atoms with E-state index in [-0.39, 0.29) is 30.5 Å². The molecule has 0 amide bonds. The molecule has 0 radical (unpaired) electrons. The molecule has 0 atom stereocenters. The Kier molecular flexibility index (Phi) is 7.77. The number of rotatable bonds is 7. The third kappa shape index (κ3) is 5.52. The van der Waals surface area contributed by atoms with Gasteiger partial charge in [-0.3, -0.25) is 4.79 Å². The van der Waals surface area contributed by atoms with Gasteiger partial charge in [0.1, 0.15) is 22.9 Å². The summed E-state index contributed by atoms with van der Waals surface area (Å²) in [5.74, 6) is -1.17. The van der Waals surface area contributed by atoms with E-state index < -0.39 is 5.97 Å². The molecule has 2 heterocycles. The van der Waals surface area contributed by atoms with E-state index in [4.69, 9.17) is 9.47 Å². The maximum Gasteiger partial charge on any atom is 0.344 e. The van der Waals surface area contributed by atoms with Crippen molar-refractivity contribution in [3.63, 3.8) is 0 Å². The van der Waals surface area contributed by atoms with Crippen LogP contribution in [0.4, 0.5) is 5.69 Å². The lowest BCUT2D eigenvalue weighted by Crippen LogP contribution is -2.12. The maximum absolute atomic E-state index is 12.7. The number of ether oxygens (including phenoxy) is 2. The zero-order valence-electron chi connectivity index (χ0n) is 19.2. The largest absolute Gasteiger partial charge is 0.506 e. The Bertz CT molecular complexity index is 1380. The van der Waals surface area contributed by atoms with Gasteiger partial charge in [-0.25, -0.2) is 9.79 Å². The van der Waals surface area contributed by atoms with E-state index in [1.165, 1.54) is 11.8 Å². The molecule has 1 aromatic heterocycles. The number of para-hydroxylation sites is 1. The fraction of sp³-hybridized carbons (Fsp3) is 0.192. The Morgan fingerprint density at radius 3 is 2.57 bits per heavy atom. The van der Waals surface area contributed by atoms with E-state index in [2.05, 4.69) is 20.9 Å². The number of esters is 2. The minimum atomic E-state index is -0.636. The molecule has 1 aliphatic heterocycles. The monoisotopic (exact) mass is 554 g/mol.